The highest BCUT2D eigenvalue weighted by molar-refractivity contribution is 6.31. The van der Waals surface area contributed by atoms with E-state index in [9.17, 15) is 9.90 Å². The summed E-state index contributed by atoms with van der Waals surface area (Å²) >= 11 is 6.15. The van der Waals surface area contributed by atoms with Gasteiger partial charge in [0.2, 0.25) is 0 Å². The highest BCUT2D eigenvalue weighted by atomic mass is 35.5. The Morgan fingerprint density at radius 3 is 2.62 bits per heavy atom. The van der Waals surface area contributed by atoms with Crippen LogP contribution in [0.4, 0.5) is 0 Å². The van der Waals surface area contributed by atoms with Gasteiger partial charge in [-0.05, 0) is 37.5 Å². The van der Waals surface area contributed by atoms with Gasteiger partial charge in [-0.15, -0.1) is 5.10 Å². The predicted molar refractivity (Wildman–Crippen MR) is 81.4 cm³/mol. The summed E-state index contributed by atoms with van der Waals surface area (Å²) < 4.78 is 1.61. The van der Waals surface area contributed by atoms with E-state index >= 15 is 0 Å². The molecule has 1 N–H and O–H groups in total. The van der Waals surface area contributed by atoms with E-state index in [2.05, 4.69) is 10.3 Å². The van der Waals surface area contributed by atoms with Crippen LogP contribution in [-0.4, -0.2) is 26.1 Å². The zero-order valence-electron chi connectivity index (χ0n) is 12.3. The SMILES string of the molecule is CCC(CC)c1c(C(=O)O)nnn1-c1cccc(Cl)c1C. The molecule has 0 aliphatic carbocycles. The van der Waals surface area contributed by atoms with Gasteiger partial charge in [-0.3, -0.25) is 0 Å². The molecule has 0 atom stereocenters. The van der Waals surface area contributed by atoms with E-state index in [1.165, 1.54) is 0 Å². The molecule has 0 bridgehead atoms. The van der Waals surface area contributed by atoms with E-state index in [1.54, 1.807) is 10.7 Å². The topological polar surface area (TPSA) is 68.0 Å². The van der Waals surface area contributed by atoms with E-state index < -0.39 is 5.97 Å². The van der Waals surface area contributed by atoms with Gasteiger partial charge in [0.05, 0.1) is 11.4 Å². The van der Waals surface area contributed by atoms with Gasteiger partial charge in [0.25, 0.3) is 0 Å². The van der Waals surface area contributed by atoms with Crippen LogP contribution in [0.15, 0.2) is 18.2 Å². The summed E-state index contributed by atoms with van der Waals surface area (Å²) in [6.45, 7) is 5.94. The molecule has 0 aliphatic heterocycles. The molecule has 2 rings (SSSR count). The fourth-order valence-electron chi connectivity index (χ4n) is 2.49. The van der Waals surface area contributed by atoms with E-state index in [4.69, 9.17) is 11.6 Å². The summed E-state index contributed by atoms with van der Waals surface area (Å²) in [7, 11) is 0. The molecule has 0 amide bonds. The van der Waals surface area contributed by atoms with Crippen LogP contribution >= 0.6 is 11.6 Å². The van der Waals surface area contributed by atoms with E-state index in [-0.39, 0.29) is 11.6 Å². The summed E-state index contributed by atoms with van der Waals surface area (Å²) in [6.07, 6.45) is 1.65. The number of carboxylic acids is 1. The number of carbonyl (C=O) groups is 1. The van der Waals surface area contributed by atoms with Crippen LogP contribution in [0.5, 0.6) is 0 Å². The fourth-order valence-corrected chi connectivity index (χ4v) is 2.66. The summed E-state index contributed by atoms with van der Waals surface area (Å²) in [4.78, 5) is 11.4. The van der Waals surface area contributed by atoms with Crippen LogP contribution in [0, 0.1) is 6.92 Å². The number of aromatic nitrogens is 3. The zero-order chi connectivity index (χ0) is 15.6. The minimum atomic E-state index is -1.05. The van der Waals surface area contributed by atoms with Crippen molar-refractivity contribution in [1.82, 2.24) is 15.0 Å². The Kier molecular flexibility index (Phi) is 4.63. The Morgan fingerprint density at radius 1 is 1.38 bits per heavy atom. The van der Waals surface area contributed by atoms with Crippen LogP contribution in [0.3, 0.4) is 0 Å². The van der Waals surface area contributed by atoms with Gasteiger partial charge < -0.3 is 5.11 Å². The third-order valence-electron chi connectivity index (χ3n) is 3.75. The molecule has 0 fully saturated rings. The molecule has 1 aromatic carbocycles. The van der Waals surface area contributed by atoms with Crippen molar-refractivity contribution in [1.29, 1.82) is 0 Å². The van der Waals surface area contributed by atoms with E-state index in [0.29, 0.717) is 10.7 Å². The minimum absolute atomic E-state index is 0.0167. The third kappa shape index (κ3) is 2.78. The van der Waals surface area contributed by atoms with Crippen LogP contribution in [-0.2, 0) is 0 Å². The lowest BCUT2D eigenvalue weighted by molar-refractivity contribution is 0.0688. The van der Waals surface area contributed by atoms with Crippen molar-refractivity contribution in [2.45, 2.75) is 39.5 Å². The molecule has 0 saturated carbocycles. The molecule has 1 heterocycles. The lowest BCUT2D eigenvalue weighted by Crippen LogP contribution is -2.12. The molecule has 6 heteroatoms. The molecule has 1 aromatic heterocycles. The van der Waals surface area contributed by atoms with E-state index in [0.717, 1.165) is 24.1 Å². The van der Waals surface area contributed by atoms with Crippen LogP contribution in [0.1, 0.15) is 54.4 Å². The largest absolute Gasteiger partial charge is 0.476 e. The molecular formula is C15H18ClN3O2. The number of hydrogen-bond donors (Lipinski definition) is 1. The van der Waals surface area contributed by atoms with Crippen molar-refractivity contribution < 1.29 is 9.90 Å². The number of hydrogen-bond acceptors (Lipinski definition) is 3. The van der Waals surface area contributed by atoms with Crippen molar-refractivity contribution >= 4 is 17.6 Å². The molecule has 0 radical (unpaired) electrons. The number of carboxylic acid groups (broad SMARTS) is 1. The average molecular weight is 308 g/mol. The second kappa shape index (κ2) is 6.26. The van der Waals surface area contributed by atoms with Crippen LogP contribution in [0.2, 0.25) is 5.02 Å². The zero-order valence-corrected chi connectivity index (χ0v) is 13.1. The maximum absolute atomic E-state index is 11.4. The Morgan fingerprint density at radius 2 is 2.05 bits per heavy atom. The lowest BCUT2D eigenvalue weighted by atomic mass is 9.97. The molecule has 112 valence electrons. The highest BCUT2D eigenvalue weighted by Gasteiger charge is 2.26. The average Bonchev–Trinajstić information content (AvgIpc) is 2.88. The quantitative estimate of drug-likeness (QED) is 0.911. The van der Waals surface area contributed by atoms with Gasteiger partial charge >= 0.3 is 5.97 Å². The fraction of sp³-hybridized carbons (Fsp3) is 0.400. The monoisotopic (exact) mass is 307 g/mol. The number of halogens is 1. The van der Waals surface area contributed by atoms with Gasteiger partial charge in [-0.25, -0.2) is 9.48 Å². The van der Waals surface area contributed by atoms with E-state index in [1.807, 2.05) is 32.9 Å². The van der Waals surface area contributed by atoms with Crippen molar-refractivity contribution in [3.8, 4) is 5.69 Å². The molecular weight excluding hydrogens is 290 g/mol. The van der Waals surface area contributed by atoms with Crippen molar-refractivity contribution in [2.24, 2.45) is 0 Å². The number of rotatable bonds is 5. The minimum Gasteiger partial charge on any atom is -0.476 e. The third-order valence-corrected chi connectivity index (χ3v) is 4.16. The Bertz CT molecular complexity index is 663. The molecule has 2 aromatic rings. The van der Waals surface area contributed by atoms with Gasteiger partial charge in [0.1, 0.15) is 0 Å². The summed E-state index contributed by atoms with van der Waals surface area (Å²) in [5, 5.41) is 17.9. The first-order chi connectivity index (χ1) is 10.0. The Hall–Kier alpha value is -1.88. The van der Waals surface area contributed by atoms with Gasteiger partial charge in [-0.2, -0.15) is 0 Å². The first-order valence-corrected chi connectivity index (χ1v) is 7.33. The summed E-state index contributed by atoms with van der Waals surface area (Å²) in [6, 6.07) is 5.49. The van der Waals surface area contributed by atoms with Crippen molar-refractivity contribution in [3.63, 3.8) is 0 Å². The van der Waals surface area contributed by atoms with Crippen molar-refractivity contribution in [3.05, 3.63) is 40.2 Å². The van der Waals surface area contributed by atoms with Crippen LogP contribution in [0.25, 0.3) is 5.69 Å². The predicted octanol–water partition coefficient (Wildman–Crippen LogP) is 3.83. The summed E-state index contributed by atoms with van der Waals surface area (Å²) in [5.74, 6) is -0.965. The number of nitrogens with zero attached hydrogens (tertiary/aromatic N) is 3. The van der Waals surface area contributed by atoms with Crippen molar-refractivity contribution in [2.75, 3.05) is 0 Å². The maximum atomic E-state index is 11.4. The second-order valence-electron chi connectivity index (χ2n) is 4.94. The normalized spacial score (nSPS) is 11.1. The molecule has 0 spiro atoms. The molecule has 5 nitrogen and oxygen atoms in total. The molecule has 0 aliphatic rings. The number of benzene rings is 1. The molecule has 0 unspecified atom stereocenters. The van der Waals surface area contributed by atoms with Gasteiger partial charge in [-0.1, -0.05) is 36.7 Å². The molecule has 21 heavy (non-hydrogen) atoms. The Labute approximate surface area is 128 Å². The maximum Gasteiger partial charge on any atom is 0.358 e. The smallest absolute Gasteiger partial charge is 0.358 e. The first kappa shape index (κ1) is 15.5. The van der Waals surface area contributed by atoms with Gasteiger partial charge in [0, 0.05) is 10.9 Å². The second-order valence-corrected chi connectivity index (χ2v) is 5.34. The number of aromatic carboxylic acids is 1. The summed E-state index contributed by atoms with van der Waals surface area (Å²) in [5.41, 5.74) is 2.28. The molecule has 0 saturated heterocycles. The first-order valence-electron chi connectivity index (χ1n) is 6.95. The Balaban J connectivity index is 2.69. The highest BCUT2D eigenvalue weighted by Crippen LogP contribution is 2.30. The van der Waals surface area contributed by atoms with Crippen LogP contribution < -0.4 is 0 Å². The van der Waals surface area contributed by atoms with Gasteiger partial charge in [0.15, 0.2) is 5.69 Å². The standard InChI is InChI=1S/C15H18ClN3O2/c1-4-10(5-2)14-13(15(20)21)17-18-19(14)12-8-6-7-11(16)9(12)3/h6-8,10H,4-5H2,1-3H3,(H,20,21). The lowest BCUT2D eigenvalue weighted by Gasteiger charge is -2.16.